The summed E-state index contributed by atoms with van der Waals surface area (Å²) in [5.41, 5.74) is 0. The zero-order valence-electron chi connectivity index (χ0n) is 5.35. The van der Waals surface area contributed by atoms with E-state index in [1.807, 2.05) is 6.26 Å². The number of aliphatic hydroxyl groups excluding tert-OH is 1. The van der Waals surface area contributed by atoms with Gasteiger partial charge in [0.25, 0.3) is 0 Å². The van der Waals surface area contributed by atoms with Crippen molar-refractivity contribution in [2.75, 3.05) is 18.6 Å². The van der Waals surface area contributed by atoms with E-state index in [1.165, 1.54) is 0 Å². The predicted molar refractivity (Wildman–Crippen MR) is 38.1 cm³/mol. The quantitative estimate of drug-likeness (QED) is 0.429. The van der Waals surface area contributed by atoms with Gasteiger partial charge < -0.3 is 5.11 Å². The Hall–Kier alpha value is 0.270. The van der Waals surface area contributed by atoms with Gasteiger partial charge in [0.15, 0.2) is 0 Å². The van der Waals surface area contributed by atoms with E-state index in [1.54, 1.807) is 18.7 Å². The molecule has 0 amide bonds. The second-order valence-electron chi connectivity index (χ2n) is 1.62. The molecule has 2 N–H and O–H groups in total. The second-order valence-corrected chi connectivity index (χ2v) is 2.61. The molecule has 3 heteroatoms. The van der Waals surface area contributed by atoms with Crippen LogP contribution in [0.4, 0.5) is 0 Å². The van der Waals surface area contributed by atoms with Gasteiger partial charge in [-0.3, -0.25) is 5.32 Å². The third-order valence-electron chi connectivity index (χ3n) is 0.746. The van der Waals surface area contributed by atoms with Crippen molar-refractivity contribution in [1.29, 1.82) is 0 Å². The van der Waals surface area contributed by atoms with Gasteiger partial charge >= 0.3 is 0 Å². The lowest BCUT2D eigenvalue weighted by Crippen LogP contribution is -2.27. The zero-order valence-corrected chi connectivity index (χ0v) is 6.16. The lowest BCUT2D eigenvalue weighted by Gasteiger charge is -2.03. The number of rotatable bonds is 4. The molecular weight excluding hydrogens is 122 g/mol. The molecular formula is C5H13NOS. The summed E-state index contributed by atoms with van der Waals surface area (Å²) >= 11 is 1.77. The zero-order chi connectivity index (χ0) is 6.41. The third kappa shape index (κ3) is 6.27. The van der Waals surface area contributed by atoms with E-state index < -0.39 is 0 Å². The highest BCUT2D eigenvalue weighted by atomic mass is 32.2. The first kappa shape index (κ1) is 8.27. The van der Waals surface area contributed by atoms with Crippen LogP contribution < -0.4 is 5.32 Å². The summed E-state index contributed by atoms with van der Waals surface area (Å²) in [6.45, 7) is 2.61. The molecule has 8 heavy (non-hydrogen) atoms. The SMILES string of the molecule is CSCCNC(C)O. The average molecular weight is 135 g/mol. The van der Waals surface area contributed by atoms with Gasteiger partial charge in [0, 0.05) is 12.3 Å². The fraction of sp³-hybridized carbons (Fsp3) is 1.00. The molecule has 0 rings (SSSR count). The molecule has 50 valence electrons. The number of hydrogen-bond acceptors (Lipinski definition) is 3. The molecule has 0 aliphatic heterocycles. The molecule has 0 saturated carbocycles. The minimum Gasteiger partial charge on any atom is -0.379 e. The Morgan fingerprint density at radius 3 is 2.75 bits per heavy atom. The summed E-state index contributed by atoms with van der Waals surface area (Å²) in [7, 11) is 0. The molecule has 1 unspecified atom stereocenters. The smallest absolute Gasteiger partial charge is 0.102 e. The van der Waals surface area contributed by atoms with Crippen molar-refractivity contribution in [2.45, 2.75) is 13.2 Å². The van der Waals surface area contributed by atoms with Gasteiger partial charge in [-0.1, -0.05) is 0 Å². The van der Waals surface area contributed by atoms with Gasteiger partial charge in [-0.25, -0.2) is 0 Å². The van der Waals surface area contributed by atoms with E-state index >= 15 is 0 Å². The van der Waals surface area contributed by atoms with Crippen LogP contribution in [0.5, 0.6) is 0 Å². The number of aliphatic hydroxyl groups is 1. The topological polar surface area (TPSA) is 32.3 Å². The molecule has 0 bridgehead atoms. The van der Waals surface area contributed by atoms with E-state index in [4.69, 9.17) is 5.11 Å². The maximum Gasteiger partial charge on any atom is 0.102 e. The van der Waals surface area contributed by atoms with Crippen molar-refractivity contribution in [3.8, 4) is 0 Å². The molecule has 0 saturated heterocycles. The average Bonchev–Trinajstić information content (AvgIpc) is 1.66. The molecule has 0 fully saturated rings. The van der Waals surface area contributed by atoms with Crippen molar-refractivity contribution in [2.24, 2.45) is 0 Å². The molecule has 0 aromatic rings. The lowest BCUT2D eigenvalue weighted by atomic mass is 10.6. The highest BCUT2D eigenvalue weighted by Crippen LogP contribution is 1.87. The molecule has 0 radical (unpaired) electrons. The van der Waals surface area contributed by atoms with E-state index in [2.05, 4.69) is 5.32 Å². The Labute approximate surface area is 54.7 Å². The fourth-order valence-corrected chi connectivity index (χ4v) is 0.692. The Balaban J connectivity index is 2.72. The maximum absolute atomic E-state index is 8.66. The number of thioether (sulfide) groups is 1. The largest absolute Gasteiger partial charge is 0.379 e. The molecule has 0 aliphatic carbocycles. The van der Waals surface area contributed by atoms with Crippen LogP contribution in [0.3, 0.4) is 0 Å². The first-order valence-electron chi connectivity index (χ1n) is 2.67. The minimum absolute atomic E-state index is 0.359. The van der Waals surface area contributed by atoms with E-state index in [9.17, 15) is 0 Å². The van der Waals surface area contributed by atoms with Crippen LogP contribution in [0.15, 0.2) is 0 Å². The summed E-state index contributed by atoms with van der Waals surface area (Å²) in [5.74, 6) is 1.06. The molecule has 0 aliphatic rings. The first-order valence-corrected chi connectivity index (χ1v) is 4.07. The normalized spacial score (nSPS) is 13.9. The lowest BCUT2D eigenvalue weighted by molar-refractivity contribution is 0.160. The highest BCUT2D eigenvalue weighted by Gasteiger charge is 1.89. The third-order valence-corrected chi connectivity index (χ3v) is 1.36. The summed E-state index contributed by atoms with van der Waals surface area (Å²) in [4.78, 5) is 0. The summed E-state index contributed by atoms with van der Waals surface area (Å²) in [5, 5.41) is 11.5. The number of nitrogens with one attached hydrogen (secondary N) is 1. The molecule has 0 aromatic heterocycles. The van der Waals surface area contributed by atoms with Gasteiger partial charge in [-0.05, 0) is 13.2 Å². The monoisotopic (exact) mass is 135 g/mol. The van der Waals surface area contributed by atoms with Crippen LogP contribution in [0.2, 0.25) is 0 Å². The van der Waals surface area contributed by atoms with Crippen LogP contribution in [0, 0.1) is 0 Å². The Kier molecular flexibility index (Phi) is 5.59. The van der Waals surface area contributed by atoms with Gasteiger partial charge in [-0.2, -0.15) is 11.8 Å². The summed E-state index contributed by atoms with van der Waals surface area (Å²) in [6.07, 6.45) is 1.69. The van der Waals surface area contributed by atoms with E-state index in [0.717, 1.165) is 12.3 Å². The second kappa shape index (κ2) is 5.41. The standard InChI is InChI=1S/C5H13NOS/c1-5(7)6-3-4-8-2/h5-7H,3-4H2,1-2H3. The van der Waals surface area contributed by atoms with E-state index in [0.29, 0.717) is 0 Å². The first-order chi connectivity index (χ1) is 3.77. The van der Waals surface area contributed by atoms with Crippen LogP contribution in [0.1, 0.15) is 6.92 Å². The molecule has 0 aromatic carbocycles. The van der Waals surface area contributed by atoms with Gasteiger partial charge in [0.1, 0.15) is 6.23 Å². The van der Waals surface area contributed by atoms with Crippen molar-refractivity contribution < 1.29 is 5.11 Å². The Morgan fingerprint density at radius 1 is 1.75 bits per heavy atom. The van der Waals surface area contributed by atoms with Crippen molar-refractivity contribution in [3.63, 3.8) is 0 Å². The van der Waals surface area contributed by atoms with Crippen molar-refractivity contribution in [1.82, 2.24) is 5.32 Å². The number of hydrogen-bond donors (Lipinski definition) is 2. The molecule has 1 atom stereocenters. The predicted octanol–water partition coefficient (Wildman–Crippen LogP) is 0.277. The van der Waals surface area contributed by atoms with Gasteiger partial charge in [0.2, 0.25) is 0 Å². The minimum atomic E-state index is -0.359. The Bertz CT molecular complexity index is 49.7. The van der Waals surface area contributed by atoms with E-state index in [-0.39, 0.29) is 6.23 Å². The van der Waals surface area contributed by atoms with Crippen LogP contribution in [-0.4, -0.2) is 29.9 Å². The fourth-order valence-electron chi connectivity index (χ4n) is 0.370. The summed E-state index contributed by atoms with van der Waals surface area (Å²) in [6, 6.07) is 0. The van der Waals surface area contributed by atoms with Crippen molar-refractivity contribution >= 4 is 11.8 Å². The van der Waals surface area contributed by atoms with Gasteiger partial charge in [0.05, 0.1) is 0 Å². The molecule has 2 nitrogen and oxygen atoms in total. The molecule has 0 spiro atoms. The van der Waals surface area contributed by atoms with Crippen LogP contribution >= 0.6 is 11.8 Å². The van der Waals surface area contributed by atoms with Crippen LogP contribution in [-0.2, 0) is 0 Å². The van der Waals surface area contributed by atoms with Gasteiger partial charge in [-0.15, -0.1) is 0 Å². The van der Waals surface area contributed by atoms with Crippen molar-refractivity contribution in [3.05, 3.63) is 0 Å². The molecule has 0 heterocycles. The summed E-state index contributed by atoms with van der Waals surface area (Å²) < 4.78 is 0. The highest BCUT2D eigenvalue weighted by molar-refractivity contribution is 7.98. The Morgan fingerprint density at radius 2 is 2.38 bits per heavy atom. The maximum atomic E-state index is 8.66. The van der Waals surface area contributed by atoms with Crippen LogP contribution in [0.25, 0.3) is 0 Å².